The minimum atomic E-state index is -0.368. The molecule has 25 heavy (non-hydrogen) atoms. The average molecular weight is 327 g/mol. The van der Waals surface area contributed by atoms with Crippen molar-refractivity contribution in [3.63, 3.8) is 0 Å². The van der Waals surface area contributed by atoms with Crippen molar-refractivity contribution in [3.8, 4) is 11.1 Å². The summed E-state index contributed by atoms with van der Waals surface area (Å²) >= 11 is 0. The van der Waals surface area contributed by atoms with Crippen LogP contribution in [0.15, 0.2) is 72.8 Å². The molecule has 0 spiro atoms. The molecule has 3 nitrogen and oxygen atoms in total. The van der Waals surface area contributed by atoms with Crippen molar-refractivity contribution in [2.45, 2.75) is 12.8 Å². The number of ketones is 1. The predicted octanol–water partition coefficient (Wildman–Crippen LogP) is 4.64. The highest BCUT2D eigenvalue weighted by Gasteiger charge is 2.33. The van der Waals surface area contributed by atoms with Crippen molar-refractivity contribution < 1.29 is 9.59 Å². The van der Waals surface area contributed by atoms with Crippen LogP contribution in [0.25, 0.3) is 11.1 Å². The highest BCUT2D eigenvalue weighted by atomic mass is 16.2. The molecule has 0 bridgehead atoms. The maximum Gasteiger partial charge on any atom is 0.236 e. The summed E-state index contributed by atoms with van der Waals surface area (Å²) in [6.45, 7) is 1.51. The summed E-state index contributed by atoms with van der Waals surface area (Å²) in [4.78, 5) is 24.9. The molecule has 0 atom stereocenters. The predicted molar refractivity (Wildman–Crippen MR) is 98.8 cm³/mol. The molecule has 0 unspecified atom stereocenters. The van der Waals surface area contributed by atoms with Crippen LogP contribution in [-0.4, -0.2) is 11.7 Å². The number of amides is 1. The Hall–Kier alpha value is -3.20. The standard InChI is InChI=1S/C22H17NO2/c1-14(24)15-8-6-7-13-20(15)23-22(25)21-18-11-4-2-9-16(18)17-10-3-5-12-19(17)21/h2-13,21H,1H3,(H,23,25). The van der Waals surface area contributed by atoms with Crippen LogP contribution < -0.4 is 5.32 Å². The first kappa shape index (κ1) is 15.3. The monoisotopic (exact) mass is 327 g/mol. The van der Waals surface area contributed by atoms with Gasteiger partial charge in [0.25, 0.3) is 0 Å². The number of para-hydroxylation sites is 1. The molecule has 0 saturated heterocycles. The molecule has 1 aliphatic carbocycles. The zero-order valence-corrected chi connectivity index (χ0v) is 13.8. The van der Waals surface area contributed by atoms with Gasteiger partial charge >= 0.3 is 0 Å². The Morgan fingerprint density at radius 2 is 1.28 bits per heavy atom. The number of rotatable bonds is 3. The number of carbonyl (C=O) groups excluding carboxylic acids is 2. The Morgan fingerprint density at radius 3 is 1.88 bits per heavy atom. The fourth-order valence-electron chi connectivity index (χ4n) is 3.54. The molecule has 0 heterocycles. The van der Waals surface area contributed by atoms with Gasteiger partial charge in [0.2, 0.25) is 5.91 Å². The van der Waals surface area contributed by atoms with Crippen molar-refractivity contribution in [2.75, 3.05) is 5.32 Å². The zero-order chi connectivity index (χ0) is 17.4. The van der Waals surface area contributed by atoms with E-state index in [4.69, 9.17) is 0 Å². The van der Waals surface area contributed by atoms with E-state index in [0.717, 1.165) is 22.3 Å². The number of Topliss-reactive ketones (excluding diaryl/α,β-unsaturated/α-hetero) is 1. The molecule has 0 fully saturated rings. The summed E-state index contributed by atoms with van der Waals surface area (Å²) in [5.41, 5.74) is 5.27. The topological polar surface area (TPSA) is 46.2 Å². The lowest BCUT2D eigenvalue weighted by atomic mass is 9.95. The van der Waals surface area contributed by atoms with Gasteiger partial charge < -0.3 is 5.32 Å². The molecule has 0 aromatic heterocycles. The van der Waals surface area contributed by atoms with E-state index >= 15 is 0 Å². The minimum Gasteiger partial charge on any atom is -0.325 e. The summed E-state index contributed by atoms with van der Waals surface area (Å²) in [6.07, 6.45) is 0. The number of hydrogen-bond donors (Lipinski definition) is 1. The van der Waals surface area contributed by atoms with Crippen LogP contribution >= 0.6 is 0 Å². The molecule has 0 aliphatic heterocycles. The highest BCUT2D eigenvalue weighted by molar-refractivity contribution is 6.07. The van der Waals surface area contributed by atoms with Gasteiger partial charge in [-0.3, -0.25) is 9.59 Å². The van der Waals surface area contributed by atoms with Crippen LogP contribution in [0.3, 0.4) is 0 Å². The number of hydrogen-bond acceptors (Lipinski definition) is 2. The number of fused-ring (bicyclic) bond motifs is 3. The Morgan fingerprint density at radius 1 is 0.760 bits per heavy atom. The number of nitrogens with one attached hydrogen (secondary N) is 1. The van der Waals surface area contributed by atoms with E-state index in [2.05, 4.69) is 5.32 Å². The van der Waals surface area contributed by atoms with Crippen molar-refractivity contribution >= 4 is 17.4 Å². The van der Waals surface area contributed by atoms with Gasteiger partial charge in [0.15, 0.2) is 5.78 Å². The number of anilines is 1. The molecule has 3 aromatic carbocycles. The zero-order valence-electron chi connectivity index (χ0n) is 13.8. The van der Waals surface area contributed by atoms with Gasteiger partial charge in [-0.2, -0.15) is 0 Å². The van der Waals surface area contributed by atoms with Crippen LogP contribution in [0.2, 0.25) is 0 Å². The van der Waals surface area contributed by atoms with Gasteiger partial charge in [-0.25, -0.2) is 0 Å². The smallest absolute Gasteiger partial charge is 0.236 e. The first-order valence-electron chi connectivity index (χ1n) is 8.26. The lowest BCUT2D eigenvalue weighted by Crippen LogP contribution is -2.21. The second-order valence-corrected chi connectivity index (χ2v) is 6.20. The normalized spacial score (nSPS) is 12.4. The lowest BCUT2D eigenvalue weighted by molar-refractivity contribution is -0.116. The Bertz CT molecular complexity index is 945. The average Bonchev–Trinajstić information content (AvgIpc) is 2.96. The van der Waals surface area contributed by atoms with Crippen molar-refractivity contribution in [1.29, 1.82) is 0 Å². The summed E-state index contributed by atoms with van der Waals surface area (Å²) in [5, 5.41) is 2.96. The van der Waals surface area contributed by atoms with Crippen LogP contribution in [0.1, 0.15) is 34.3 Å². The van der Waals surface area contributed by atoms with Crippen LogP contribution in [0.5, 0.6) is 0 Å². The molecule has 4 rings (SSSR count). The van der Waals surface area contributed by atoms with E-state index in [1.807, 2.05) is 54.6 Å². The van der Waals surface area contributed by atoms with Crippen LogP contribution in [0.4, 0.5) is 5.69 Å². The van der Waals surface area contributed by atoms with E-state index in [1.165, 1.54) is 6.92 Å². The van der Waals surface area contributed by atoms with Gasteiger partial charge in [0.1, 0.15) is 0 Å². The first-order chi connectivity index (χ1) is 12.2. The highest BCUT2D eigenvalue weighted by Crippen LogP contribution is 2.44. The third-order valence-electron chi connectivity index (χ3n) is 4.66. The van der Waals surface area contributed by atoms with Gasteiger partial charge in [0.05, 0.1) is 11.6 Å². The van der Waals surface area contributed by atoms with Gasteiger partial charge in [0, 0.05) is 5.56 Å². The van der Waals surface area contributed by atoms with Crippen molar-refractivity contribution in [1.82, 2.24) is 0 Å². The van der Waals surface area contributed by atoms with Crippen LogP contribution in [-0.2, 0) is 4.79 Å². The van der Waals surface area contributed by atoms with Crippen LogP contribution in [0, 0.1) is 0 Å². The maximum absolute atomic E-state index is 13.1. The molecule has 1 amide bonds. The van der Waals surface area contributed by atoms with E-state index in [-0.39, 0.29) is 17.6 Å². The fourth-order valence-corrected chi connectivity index (χ4v) is 3.54. The van der Waals surface area contributed by atoms with E-state index in [9.17, 15) is 9.59 Å². The van der Waals surface area contributed by atoms with Gasteiger partial charge in [-0.1, -0.05) is 60.7 Å². The molecular formula is C22H17NO2. The summed E-state index contributed by atoms with van der Waals surface area (Å²) in [6, 6.07) is 23.1. The third kappa shape index (κ3) is 2.54. The van der Waals surface area contributed by atoms with E-state index < -0.39 is 0 Å². The van der Waals surface area contributed by atoms with Crippen molar-refractivity contribution in [2.24, 2.45) is 0 Å². The quantitative estimate of drug-likeness (QED) is 0.712. The SMILES string of the molecule is CC(=O)c1ccccc1NC(=O)C1c2ccccc2-c2ccccc21. The molecule has 0 radical (unpaired) electrons. The fraction of sp³-hybridized carbons (Fsp3) is 0.0909. The van der Waals surface area contributed by atoms with Gasteiger partial charge in [-0.05, 0) is 41.3 Å². The molecular weight excluding hydrogens is 310 g/mol. The largest absolute Gasteiger partial charge is 0.325 e. The van der Waals surface area contributed by atoms with Crippen molar-refractivity contribution in [3.05, 3.63) is 89.5 Å². The molecule has 3 aromatic rings. The summed E-state index contributed by atoms with van der Waals surface area (Å²) < 4.78 is 0. The third-order valence-corrected chi connectivity index (χ3v) is 4.66. The van der Waals surface area contributed by atoms with E-state index in [0.29, 0.717) is 11.3 Å². The number of carbonyl (C=O) groups is 2. The van der Waals surface area contributed by atoms with Gasteiger partial charge in [-0.15, -0.1) is 0 Å². The Labute approximate surface area is 146 Å². The van der Waals surface area contributed by atoms with E-state index in [1.54, 1.807) is 18.2 Å². The number of benzene rings is 3. The molecule has 3 heteroatoms. The molecule has 0 saturated carbocycles. The summed E-state index contributed by atoms with van der Waals surface area (Å²) in [5.74, 6) is -0.554. The Balaban J connectivity index is 1.75. The lowest BCUT2D eigenvalue weighted by Gasteiger charge is -2.15. The minimum absolute atomic E-state index is 0.0666. The second-order valence-electron chi connectivity index (χ2n) is 6.20. The maximum atomic E-state index is 13.1. The molecule has 1 N–H and O–H groups in total. The Kier molecular flexibility index (Phi) is 3.69. The molecule has 1 aliphatic rings. The molecule has 122 valence electrons. The second kappa shape index (κ2) is 6.02. The first-order valence-corrected chi connectivity index (χ1v) is 8.26. The summed E-state index contributed by atoms with van der Waals surface area (Å²) in [7, 11) is 0.